The van der Waals surface area contributed by atoms with Gasteiger partial charge in [0.2, 0.25) is 5.91 Å². The summed E-state index contributed by atoms with van der Waals surface area (Å²) in [5.74, 6) is 0.941. The second-order valence-electron chi connectivity index (χ2n) is 6.57. The van der Waals surface area contributed by atoms with Crippen LogP contribution < -0.4 is 10.6 Å². The predicted octanol–water partition coefficient (Wildman–Crippen LogP) is 2.07. The molecule has 2 fully saturated rings. The van der Waals surface area contributed by atoms with Crippen LogP contribution in [0.5, 0.6) is 0 Å². The highest BCUT2D eigenvalue weighted by Gasteiger charge is 2.27. The van der Waals surface area contributed by atoms with Crippen LogP contribution in [0.4, 0.5) is 0 Å². The van der Waals surface area contributed by atoms with E-state index in [0.717, 1.165) is 12.5 Å². The number of carbonyl (C=O) groups excluding carboxylic acids is 1. The van der Waals surface area contributed by atoms with Gasteiger partial charge < -0.3 is 10.6 Å². The molecule has 0 heterocycles. The van der Waals surface area contributed by atoms with Gasteiger partial charge in [-0.05, 0) is 49.9 Å². The Hall–Kier alpha value is -0.570. The van der Waals surface area contributed by atoms with Gasteiger partial charge in [-0.1, -0.05) is 13.8 Å². The molecule has 2 aliphatic carbocycles. The number of hydrogen-bond acceptors (Lipinski definition) is 2. The van der Waals surface area contributed by atoms with Crippen molar-refractivity contribution < 1.29 is 4.79 Å². The first-order chi connectivity index (χ1) is 8.05. The van der Waals surface area contributed by atoms with E-state index in [4.69, 9.17) is 0 Å². The minimum atomic E-state index is 0.168. The summed E-state index contributed by atoms with van der Waals surface area (Å²) in [5.41, 5.74) is 0.506. The van der Waals surface area contributed by atoms with Crippen molar-refractivity contribution in [3.05, 3.63) is 0 Å². The monoisotopic (exact) mass is 238 g/mol. The quantitative estimate of drug-likeness (QED) is 0.770. The number of carbonyl (C=O) groups is 1. The molecule has 3 heteroatoms. The zero-order valence-corrected chi connectivity index (χ0v) is 11.2. The fourth-order valence-electron chi connectivity index (χ4n) is 2.48. The molecule has 17 heavy (non-hydrogen) atoms. The Balaban J connectivity index is 1.56. The summed E-state index contributed by atoms with van der Waals surface area (Å²) in [5, 5.41) is 6.39. The minimum absolute atomic E-state index is 0.168. The van der Waals surface area contributed by atoms with Gasteiger partial charge in [0.05, 0.1) is 6.54 Å². The van der Waals surface area contributed by atoms with Crippen LogP contribution in [0.25, 0.3) is 0 Å². The first kappa shape index (κ1) is 12.9. The van der Waals surface area contributed by atoms with E-state index in [1.54, 1.807) is 0 Å². The zero-order chi connectivity index (χ0) is 12.3. The Morgan fingerprint density at radius 3 is 2.41 bits per heavy atom. The lowest BCUT2D eigenvalue weighted by Gasteiger charge is -2.34. The Labute approximate surface area is 105 Å². The van der Waals surface area contributed by atoms with Gasteiger partial charge in [0.15, 0.2) is 0 Å². The Kier molecular flexibility index (Phi) is 4.08. The third-order valence-electron chi connectivity index (χ3n) is 4.18. The Morgan fingerprint density at radius 2 is 1.82 bits per heavy atom. The van der Waals surface area contributed by atoms with Gasteiger partial charge in [0, 0.05) is 12.6 Å². The first-order valence-corrected chi connectivity index (χ1v) is 7.05. The van der Waals surface area contributed by atoms with E-state index in [2.05, 4.69) is 24.5 Å². The number of rotatable bonds is 5. The van der Waals surface area contributed by atoms with Crippen LogP contribution in [-0.4, -0.2) is 25.0 Å². The molecule has 0 spiro atoms. The van der Waals surface area contributed by atoms with Gasteiger partial charge >= 0.3 is 0 Å². The van der Waals surface area contributed by atoms with E-state index in [1.165, 1.54) is 38.5 Å². The minimum Gasteiger partial charge on any atom is -0.355 e. The van der Waals surface area contributed by atoms with Crippen molar-refractivity contribution in [2.45, 2.75) is 58.4 Å². The largest absolute Gasteiger partial charge is 0.355 e. The topological polar surface area (TPSA) is 41.1 Å². The summed E-state index contributed by atoms with van der Waals surface area (Å²) in [4.78, 5) is 11.6. The van der Waals surface area contributed by atoms with Gasteiger partial charge in [-0.2, -0.15) is 0 Å². The van der Waals surface area contributed by atoms with Crippen LogP contribution in [0.15, 0.2) is 0 Å². The van der Waals surface area contributed by atoms with E-state index in [0.29, 0.717) is 18.0 Å². The highest BCUT2D eigenvalue weighted by atomic mass is 16.1. The molecular formula is C14H26N2O. The maximum atomic E-state index is 11.6. The molecule has 1 amide bonds. The molecule has 2 aliphatic rings. The maximum absolute atomic E-state index is 11.6. The van der Waals surface area contributed by atoms with Crippen LogP contribution in [0.3, 0.4) is 0 Å². The molecule has 2 rings (SSSR count). The number of amides is 1. The van der Waals surface area contributed by atoms with Crippen molar-refractivity contribution in [1.82, 2.24) is 10.6 Å². The van der Waals surface area contributed by atoms with Gasteiger partial charge in [-0.3, -0.25) is 4.79 Å². The summed E-state index contributed by atoms with van der Waals surface area (Å²) < 4.78 is 0. The Morgan fingerprint density at radius 1 is 1.18 bits per heavy atom. The summed E-state index contributed by atoms with van der Waals surface area (Å²) in [7, 11) is 0. The van der Waals surface area contributed by atoms with E-state index in [1.807, 2.05) is 0 Å². The van der Waals surface area contributed by atoms with Crippen molar-refractivity contribution in [2.75, 3.05) is 13.1 Å². The molecule has 0 radical (unpaired) electrons. The highest BCUT2D eigenvalue weighted by molar-refractivity contribution is 5.78. The smallest absolute Gasteiger partial charge is 0.233 e. The van der Waals surface area contributed by atoms with Gasteiger partial charge in [0.1, 0.15) is 0 Å². The molecule has 0 aromatic heterocycles. The third-order valence-corrected chi connectivity index (χ3v) is 4.18. The van der Waals surface area contributed by atoms with Crippen LogP contribution in [-0.2, 0) is 4.79 Å². The van der Waals surface area contributed by atoms with Gasteiger partial charge in [-0.25, -0.2) is 0 Å². The molecule has 0 aromatic rings. The van der Waals surface area contributed by atoms with Gasteiger partial charge in [-0.15, -0.1) is 0 Å². The molecule has 0 bridgehead atoms. The van der Waals surface area contributed by atoms with E-state index >= 15 is 0 Å². The molecular weight excluding hydrogens is 212 g/mol. The SMILES string of the molecule is CC1(C)CCC(NCC(=O)NCC2CC2)CC1. The van der Waals surface area contributed by atoms with Crippen LogP contribution >= 0.6 is 0 Å². The normalized spacial score (nSPS) is 24.6. The molecule has 0 atom stereocenters. The van der Waals surface area contributed by atoms with Crippen molar-refractivity contribution in [1.29, 1.82) is 0 Å². The van der Waals surface area contributed by atoms with Crippen molar-refractivity contribution >= 4 is 5.91 Å². The van der Waals surface area contributed by atoms with E-state index in [-0.39, 0.29) is 5.91 Å². The van der Waals surface area contributed by atoms with Crippen LogP contribution in [0, 0.1) is 11.3 Å². The molecule has 3 nitrogen and oxygen atoms in total. The fourth-order valence-corrected chi connectivity index (χ4v) is 2.48. The summed E-state index contributed by atoms with van der Waals surface area (Å²) in [6, 6.07) is 0.551. The average Bonchev–Trinajstić information content (AvgIpc) is 3.08. The molecule has 98 valence electrons. The molecule has 0 saturated heterocycles. The molecule has 0 aliphatic heterocycles. The maximum Gasteiger partial charge on any atom is 0.233 e. The Bertz CT molecular complexity index is 261. The lowest BCUT2D eigenvalue weighted by atomic mass is 9.75. The standard InChI is InChI=1S/C14H26N2O/c1-14(2)7-5-12(6-8-14)15-10-13(17)16-9-11-3-4-11/h11-12,15H,3-10H2,1-2H3,(H,16,17). The zero-order valence-electron chi connectivity index (χ0n) is 11.2. The molecule has 0 aromatic carbocycles. The average molecular weight is 238 g/mol. The lowest BCUT2D eigenvalue weighted by molar-refractivity contribution is -0.120. The third kappa shape index (κ3) is 4.66. The molecule has 0 unspecified atom stereocenters. The van der Waals surface area contributed by atoms with Crippen LogP contribution in [0.2, 0.25) is 0 Å². The van der Waals surface area contributed by atoms with Gasteiger partial charge in [0.25, 0.3) is 0 Å². The second-order valence-corrected chi connectivity index (χ2v) is 6.57. The summed E-state index contributed by atoms with van der Waals surface area (Å²) >= 11 is 0. The highest BCUT2D eigenvalue weighted by Crippen LogP contribution is 2.34. The first-order valence-electron chi connectivity index (χ1n) is 7.05. The number of nitrogens with one attached hydrogen (secondary N) is 2. The van der Waals surface area contributed by atoms with E-state index < -0.39 is 0 Å². The predicted molar refractivity (Wildman–Crippen MR) is 69.8 cm³/mol. The van der Waals surface area contributed by atoms with Crippen molar-refractivity contribution in [3.63, 3.8) is 0 Å². The number of hydrogen-bond donors (Lipinski definition) is 2. The van der Waals surface area contributed by atoms with Crippen molar-refractivity contribution in [3.8, 4) is 0 Å². The molecule has 2 N–H and O–H groups in total. The lowest BCUT2D eigenvalue weighted by Crippen LogP contribution is -2.42. The fraction of sp³-hybridized carbons (Fsp3) is 0.929. The summed E-state index contributed by atoms with van der Waals surface area (Å²) in [6.07, 6.45) is 7.56. The van der Waals surface area contributed by atoms with Crippen molar-refractivity contribution in [2.24, 2.45) is 11.3 Å². The molecule has 2 saturated carbocycles. The summed E-state index contributed by atoms with van der Waals surface area (Å²) in [6.45, 7) is 6.06. The second kappa shape index (κ2) is 5.38. The van der Waals surface area contributed by atoms with E-state index in [9.17, 15) is 4.79 Å². The van der Waals surface area contributed by atoms with Crippen LogP contribution in [0.1, 0.15) is 52.4 Å².